The highest BCUT2D eigenvalue weighted by Crippen LogP contribution is 2.36. The van der Waals surface area contributed by atoms with E-state index in [0.717, 1.165) is 22.2 Å². The van der Waals surface area contributed by atoms with Gasteiger partial charge in [0, 0.05) is 0 Å². The Morgan fingerprint density at radius 2 is 2.04 bits per heavy atom. The summed E-state index contributed by atoms with van der Waals surface area (Å²) in [6.45, 7) is 0.0894. The predicted octanol–water partition coefficient (Wildman–Crippen LogP) is 3.03. The first-order valence-electron chi connectivity index (χ1n) is 7.87. The minimum atomic E-state index is -0.627. The number of furan rings is 1. The second kappa shape index (κ2) is 6.84. The van der Waals surface area contributed by atoms with E-state index in [9.17, 15) is 14.4 Å². The minimum Gasteiger partial charge on any atom is -0.463 e. The molecular formula is C18H13NO7S. The number of fused-ring (bicyclic) bond motifs is 1. The smallest absolute Gasteiger partial charge is 0.373 e. The molecule has 2 amide bonds. The standard InChI is InChI=1S/C18H13NO7S/c1-23-17(21)13-5-3-11(26-13)8-19-16(20)15(27-18(19)22)7-10-2-4-12-14(6-10)25-9-24-12/h2-7H,8-9H2,1H3. The first kappa shape index (κ1) is 17.2. The van der Waals surface area contributed by atoms with Gasteiger partial charge in [0.05, 0.1) is 18.6 Å². The number of esters is 1. The van der Waals surface area contributed by atoms with E-state index in [1.165, 1.54) is 19.2 Å². The molecule has 1 saturated heterocycles. The van der Waals surface area contributed by atoms with Gasteiger partial charge < -0.3 is 18.6 Å². The van der Waals surface area contributed by atoms with Gasteiger partial charge in [-0.25, -0.2) is 4.79 Å². The normalized spacial score (nSPS) is 17.1. The van der Waals surface area contributed by atoms with Crippen molar-refractivity contribution < 1.29 is 33.0 Å². The van der Waals surface area contributed by atoms with Crippen molar-refractivity contribution in [2.45, 2.75) is 6.54 Å². The number of amides is 2. The van der Waals surface area contributed by atoms with Gasteiger partial charge in [0.25, 0.3) is 11.1 Å². The molecule has 2 aromatic rings. The average molecular weight is 387 g/mol. The Morgan fingerprint density at radius 1 is 1.22 bits per heavy atom. The molecule has 9 heteroatoms. The summed E-state index contributed by atoms with van der Waals surface area (Å²) >= 11 is 0.840. The number of hydrogen-bond acceptors (Lipinski definition) is 8. The van der Waals surface area contributed by atoms with Gasteiger partial charge in [0.15, 0.2) is 11.5 Å². The van der Waals surface area contributed by atoms with Gasteiger partial charge in [0.2, 0.25) is 12.6 Å². The van der Waals surface area contributed by atoms with Crippen LogP contribution >= 0.6 is 11.8 Å². The molecular weight excluding hydrogens is 374 g/mol. The fourth-order valence-electron chi connectivity index (χ4n) is 2.62. The molecule has 1 aromatic carbocycles. The highest BCUT2D eigenvalue weighted by Gasteiger charge is 2.35. The van der Waals surface area contributed by atoms with Crippen molar-refractivity contribution in [3.63, 3.8) is 0 Å². The van der Waals surface area contributed by atoms with Crippen LogP contribution in [0.1, 0.15) is 21.9 Å². The highest BCUT2D eigenvalue weighted by molar-refractivity contribution is 8.18. The van der Waals surface area contributed by atoms with Crippen LogP contribution in [0, 0.1) is 0 Å². The fraction of sp³-hybridized carbons (Fsp3) is 0.167. The number of ether oxygens (including phenoxy) is 3. The zero-order chi connectivity index (χ0) is 19.0. The summed E-state index contributed by atoms with van der Waals surface area (Å²) in [6.07, 6.45) is 1.62. The number of rotatable bonds is 4. The lowest BCUT2D eigenvalue weighted by Crippen LogP contribution is -2.27. The quantitative estimate of drug-likeness (QED) is 0.584. The van der Waals surface area contributed by atoms with E-state index >= 15 is 0 Å². The summed E-state index contributed by atoms with van der Waals surface area (Å²) in [4.78, 5) is 37.6. The monoisotopic (exact) mass is 387 g/mol. The summed E-state index contributed by atoms with van der Waals surface area (Å²) in [5, 5.41) is -0.414. The summed E-state index contributed by atoms with van der Waals surface area (Å²) in [7, 11) is 1.24. The van der Waals surface area contributed by atoms with E-state index < -0.39 is 17.1 Å². The van der Waals surface area contributed by atoms with Crippen molar-refractivity contribution in [1.82, 2.24) is 4.90 Å². The van der Waals surface area contributed by atoms with Crippen molar-refractivity contribution in [2.75, 3.05) is 13.9 Å². The van der Waals surface area contributed by atoms with Crippen LogP contribution in [0.2, 0.25) is 0 Å². The number of imide groups is 1. The van der Waals surface area contributed by atoms with Gasteiger partial charge in [-0.1, -0.05) is 6.07 Å². The maximum atomic E-state index is 12.6. The lowest BCUT2D eigenvalue weighted by Gasteiger charge is -2.09. The first-order valence-corrected chi connectivity index (χ1v) is 8.69. The molecule has 2 aliphatic heterocycles. The zero-order valence-corrected chi connectivity index (χ0v) is 14.9. The molecule has 0 atom stereocenters. The molecule has 0 unspecified atom stereocenters. The Kier molecular flexibility index (Phi) is 4.36. The Bertz CT molecular complexity index is 978. The van der Waals surface area contributed by atoms with Crippen LogP contribution in [0.3, 0.4) is 0 Å². The van der Waals surface area contributed by atoms with E-state index in [1.54, 1.807) is 24.3 Å². The van der Waals surface area contributed by atoms with E-state index in [4.69, 9.17) is 13.9 Å². The number of methoxy groups -OCH3 is 1. The molecule has 1 fully saturated rings. The van der Waals surface area contributed by atoms with Crippen LogP contribution in [-0.2, 0) is 16.1 Å². The molecule has 1 aromatic heterocycles. The third-order valence-corrected chi connectivity index (χ3v) is 4.84. The SMILES string of the molecule is COC(=O)c1ccc(CN2C(=O)SC(=Cc3ccc4c(c3)OCO4)C2=O)o1. The van der Waals surface area contributed by atoms with Gasteiger partial charge in [0.1, 0.15) is 5.76 Å². The molecule has 27 heavy (non-hydrogen) atoms. The van der Waals surface area contributed by atoms with Gasteiger partial charge in [-0.15, -0.1) is 0 Å². The highest BCUT2D eigenvalue weighted by atomic mass is 32.2. The van der Waals surface area contributed by atoms with E-state index in [-0.39, 0.29) is 19.1 Å². The predicted molar refractivity (Wildman–Crippen MR) is 94.1 cm³/mol. The van der Waals surface area contributed by atoms with Crippen LogP contribution in [-0.4, -0.2) is 35.9 Å². The fourth-order valence-corrected chi connectivity index (χ4v) is 3.46. The molecule has 0 aliphatic carbocycles. The minimum absolute atomic E-state index is 0.00960. The maximum absolute atomic E-state index is 12.6. The third kappa shape index (κ3) is 3.28. The lowest BCUT2D eigenvalue weighted by molar-refractivity contribution is -0.123. The van der Waals surface area contributed by atoms with Gasteiger partial charge in [-0.3, -0.25) is 14.5 Å². The Hall–Kier alpha value is -3.20. The lowest BCUT2D eigenvalue weighted by atomic mass is 10.2. The second-order valence-corrected chi connectivity index (χ2v) is 6.63. The summed E-state index contributed by atoms with van der Waals surface area (Å²) in [5.41, 5.74) is 0.718. The van der Waals surface area contributed by atoms with Gasteiger partial charge >= 0.3 is 5.97 Å². The molecule has 8 nitrogen and oxygen atoms in total. The van der Waals surface area contributed by atoms with E-state index in [1.807, 2.05) is 0 Å². The number of carbonyl (C=O) groups excluding carboxylic acids is 3. The topological polar surface area (TPSA) is 95.3 Å². The van der Waals surface area contributed by atoms with Crippen molar-refractivity contribution in [2.24, 2.45) is 0 Å². The Labute approximate surface area is 157 Å². The average Bonchev–Trinajstić information content (AvgIpc) is 3.37. The van der Waals surface area contributed by atoms with Crippen LogP contribution in [0.4, 0.5) is 4.79 Å². The first-order chi connectivity index (χ1) is 13.0. The van der Waals surface area contributed by atoms with Gasteiger partial charge in [-0.2, -0.15) is 0 Å². The molecule has 3 heterocycles. The number of carbonyl (C=O) groups is 3. The molecule has 0 saturated carbocycles. The van der Waals surface area contributed by atoms with Crippen LogP contribution in [0.15, 0.2) is 39.7 Å². The Morgan fingerprint density at radius 3 is 2.85 bits per heavy atom. The second-order valence-electron chi connectivity index (χ2n) is 5.64. The molecule has 0 N–H and O–H groups in total. The summed E-state index contributed by atoms with van der Waals surface area (Å²) in [5.74, 6) is 0.488. The largest absolute Gasteiger partial charge is 0.463 e. The van der Waals surface area contributed by atoms with E-state index in [2.05, 4.69) is 4.74 Å². The summed E-state index contributed by atoms with van der Waals surface area (Å²) in [6, 6.07) is 8.22. The number of nitrogens with zero attached hydrogens (tertiary/aromatic N) is 1. The zero-order valence-electron chi connectivity index (χ0n) is 14.1. The third-order valence-electron chi connectivity index (χ3n) is 3.93. The number of thioether (sulfide) groups is 1. The molecule has 0 spiro atoms. The molecule has 138 valence electrons. The molecule has 4 rings (SSSR count). The number of benzene rings is 1. The molecule has 0 bridgehead atoms. The molecule has 2 aliphatic rings. The van der Waals surface area contributed by atoms with Crippen molar-refractivity contribution in [1.29, 1.82) is 0 Å². The summed E-state index contributed by atoms with van der Waals surface area (Å²) < 4.78 is 20.4. The van der Waals surface area contributed by atoms with Crippen LogP contribution in [0.5, 0.6) is 11.5 Å². The van der Waals surface area contributed by atoms with Crippen molar-refractivity contribution >= 4 is 35.0 Å². The Balaban J connectivity index is 1.51. The van der Waals surface area contributed by atoms with Crippen molar-refractivity contribution in [3.8, 4) is 11.5 Å². The van der Waals surface area contributed by atoms with Crippen LogP contribution in [0.25, 0.3) is 6.08 Å². The van der Waals surface area contributed by atoms with Crippen molar-refractivity contribution in [3.05, 3.63) is 52.3 Å². The number of hydrogen-bond donors (Lipinski definition) is 0. The molecule has 0 radical (unpaired) electrons. The van der Waals surface area contributed by atoms with Gasteiger partial charge in [-0.05, 0) is 47.7 Å². The maximum Gasteiger partial charge on any atom is 0.373 e. The van der Waals surface area contributed by atoms with Crippen LogP contribution < -0.4 is 9.47 Å². The van der Waals surface area contributed by atoms with E-state index in [0.29, 0.717) is 22.2 Å².